The molecule has 0 unspecified atom stereocenters. The molecule has 2 fully saturated rings. The van der Waals surface area contributed by atoms with Crippen LogP contribution in [0.2, 0.25) is 0 Å². The van der Waals surface area contributed by atoms with Crippen LogP contribution in [0.3, 0.4) is 0 Å². The molecule has 1 spiro atoms. The van der Waals surface area contributed by atoms with Crippen molar-refractivity contribution in [2.24, 2.45) is 5.41 Å². The summed E-state index contributed by atoms with van der Waals surface area (Å²) in [5, 5.41) is 10.1. The largest absolute Gasteiger partial charge is 0.508 e. The molecule has 0 amide bonds. The predicted molar refractivity (Wildman–Crippen MR) is 159 cm³/mol. The summed E-state index contributed by atoms with van der Waals surface area (Å²) in [4.78, 5) is 15.9. The van der Waals surface area contributed by atoms with Crippen LogP contribution in [0.1, 0.15) is 79.0 Å². The highest BCUT2D eigenvalue weighted by molar-refractivity contribution is 5.53. The van der Waals surface area contributed by atoms with Gasteiger partial charge in [-0.3, -0.25) is 4.90 Å². The topological polar surface area (TPSA) is 43.8 Å². The summed E-state index contributed by atoms with van der Waals surface area (Å²) >= 11 is 0. The van der Waals surface area contributed by atoms with E-state index in [0.717, 1.165) is 45.3 Å². The van der Waals surface area contributed by atoms with Gasteiger partial charge in [-0.05, 0) is 122 Å². The number of carbonyl (C=O) groups excluding carboxylic acids is 1. The number of piperidine rings is 1. The molecule has 204 valence electrons. The van der Waals surface area contributed by atoms with Gasteiger partial charge in [-0.15, -0.1) is 0 Å². The lowest BCUT2D eigenvalue weighted by molar-refractivity contribution is -0.109. The Bertz CT molecular complexity index is 1240. The molecule has 4 nitrogen and oxygen atoms in total. The van der Waals surface area contributed by atoms with E-state index in [1.165, 1.54) is 66.5 Å². The van der Waals surface area contributed by atoms with E-state index in [1.54, 1.807) is 0 Å². The fraction of sp³-hybridized carbons (Fsp3) is 0.457. The molecule has 0 bridgehead atoms. The molecule has 6 rings (SSSR count). The number of likely N-dealkylation sites (tertiary alicyclic amines) is 1. The predicted octanol–water partition coefficient (Wildman–Crippen LogP) is 6.92. The zero-order valence-electron chi connectivity index (χ0n) is 23.1. The highest BCUT2D eigenvalue weighted by Gasteiger charge is 2.36. The number of aromatic hydroxyl groups is 1. The first-order chi connectivity index (χ1) is 19.1. The first kappa shape index (κ1) is 26.1. The number of benzene rings is 3. The smallest absolute Gasteiger partial charge is 0.133 e. The summed E-state index contributed by atoms with van der Waals surface area (Å²) < 4.78 is 0. The first-order valence-corrected chi connectivity index (χ1v) is 15.0. The number of fused-ring (bicyclic) bond motifs is 1. The van der Waals surface area contributed by atoms with E-state index in [4.69, 9.17) is 0 Å². The number of rotatable bonds is 5. The highest BCUT2D eigenvalue weighted by atomic mass is 16.3. The van der Waals surface area contributed by atoms with E-state index < -0.39 is 0 Å². The zero-order chi connectivity index (χ0) is 26.7. The van der Waals surface area contributed by atoms with Crippen molar-refractivity contribution >= 4 is 12.0 Å². The monoisotopic (exact) mass is 522 g/mol. The van der Waals surface area contributed by atoms with E-state index in [0.29, 0.717) is 29.5 Å². The number of nitrogens with zero attached hydrogens (tertiary/aromatic N) is 2. The molecule has 3 aromatic carbocycles. The van der Waals surface area contributed by atoms with E-state index in [9.17, 15) is 9.90 Å². The lowest BCUT2D eigenvalue weighted by atomic mass is 9.69. The Hall–Kier alpha value is -3.11. The number of phenols is 1. The highest BCUT2D eigenvalue weighted by Crippen LogP contribution is 2.47. The van der Waals surface area contributed by atoms with Crippen molar-refractivity contribution in [2.75, 3.05) is 37.6 Å². The van der Waals surface area contributed by atoms with Crippen molar-refractivity contribution in [3.8, 4) is 5.75 Å². The second kappa shape index (κ2) is 11.6. The summed E-state index contributed by atoms with van der Waals surface area (Å²) in [5.41, 5.74) is 7.24. The lowest BCUT2D eigenvalue weighted by Gasteiger charge is -2.44. The fourth-order valence-electron chi connectivity index (χ4n) is 7.79. The quantitative estimate of drug-likeness (QED) is 0.370. The molecule has 3 aliphatic rings. The molecule has 0 saturated carbocycles. The van der Waals surface area contributed by atoms with Gasteiger partial charge in [0.15, 0.2) is 0 Å². The maximum absolute atomic E-state index is 10.9. The molecule has 0 radical (unpaired) electrons. The minimum atomic E-state index is 0.295. The second-order valence-electron chi connectivity index (χ2n) is 12.2. The molecule has 2 saturated heterocycles. The van der Waals surface area contributed by atoms with Crippen LogP contribution in [0.15, 0.2) is 72.8 Å². The molecule has 4 heteroatoms. The Morgan fingerprint density at radius 3 is 2.23 bits per heavy atom. The Morgan fingerprint density at radius 2 is 1.54 bits per heavy atom. The molecule has 39 heavy (non-hydrogen) atoms. The van der Waals surface area contributed by atoms with Gasteiger partial charge in [0.2, 0.25) is 0 Å². The molecule has 3 aromatic rings. The van der Waals surface area contributed by atoms with E-state index >= 15 is 0 Å². The normalized spacial score (nSPS) is 23.5. The maximum Gasteiger partial charge on any atom is 0.133 e. The van der Waals surface area contributed by atoms with E-state index in [1.807, 2.05) is 12.1 Å². The Labute approximate surface area is 233 Å². The van der Waals surface area contributed by atoms with Crippen molar-refractivity contribution in [3.63, 3.8) is 0 Å². The molecule has 2 heterocycles. The van der Waals surface area contributed by atoms with Gasteiger partial charge in [0.25, 0.3) is 0 Å². The molecular weight excluding hydrogens is 480 g/mol. The van der Waals surface area contributed by atoms with Gasteiger partial charge in [0.05, 0.1) is 6.54 Å². The van der Waals surface area contributed by atoms with Crippen molar-refractivity contribution in [1.82, 2.24) is 4.90 Å². The van der Waals surface area contributed by atoms with Crippen LogP contribution in [0.5, 0.6) is 5.75 Å². The van der Waals surface area contributed by atoms with Crippen LogP contribution in [0.4, 0.5) is 5.69 Å². The Morgan fingerprint density at radius 1 is 0.821 bits per heavy atom. The van der Waals surface area contributed by atoms with Crippen LogP contribution >= 0.6 is 0 Å². The third-order valence-corrected chi connectivity index (χ3v) is 9.95. The summed E-state index contributed by atoms with van der Waals surface area (Å²) in [6, 6.07) is 26.3. The summed E-state index contributed by atoms with van der Waals surface area (Å²) in [6.45, 7) is 5.00. The third kappa shape index (κ3) is 5.63. The van der Waals surface area contributed by atoms with Gasteiger partial charge in [-0.25, -0.2) is 0 Å². The van der Waals surface area contributed by atoms with E-state index in [2.05, 4.69) is 70.5 Å². The molecular formula is C35H42N2O2. The fourth-order valence-corrected chi connectivity index (χ4v) is 7.79. The number of aldehydes is 1. The van der Waals surface area contributed by atoms with Gasteiger partial charge in [-0.2, -0.15) is 0 Å². The van der Waals surface area contributed by atoms with Crippen molar-refractivity contribution in [2.45, 2.75) is 63.2 Å². The standard InChI is InChI=1S/C35H42N2O2/c38-25-24-36-20-4-16-35(17-5-21-36)18-22-37(23-19-35)30-11-8-28(9-12-30)34-32(27-6-2-1-3-7-27)14-10-29-26-31(39)13-15-33(29)34/h1-3,6-9,11-13,15,25-26,32,34,39H,4-5,10,14,16-24H2/t32-,34+/m0/s1. The SMILES string of the molecule is O=CCN1CCCC2(CCC1)CCN(c1ccc([C@H]3c4ccc(O)cc4CC[C@H]3c3ccccc3)cc1)CC2. The number of hydrogen-bond donors (Lipinski definition) is 1. The summed E-state index contributed by atoms with van der Waals surface area (Å²) in [7, 11) is 0. The average Bonchev–Trinajstić information content (AvgIpc) is 2.96. The third-order valence-electron chi connectivity index (χ3n) is 9.95. The summed E-state index contributed by atoms with van der Waals surface area (Å²) in [6.07, 6.45) is 10.7. The minimum absolute atomic E-state index is 0.295. The molecule has 1 aliphatic carbocycles. The van der Waals surface area contributed by atoms with Crippen LogP contribution in [-0.4, -0.2) is 49.0 Å². The van der Waals surface area contributed by atoms with Crippen molar-refractivity contribution in [1.29, 1.82) is 0 Å². The molecule has 2 atom stereocenters. The van der Waals surface area contributed by atoms with Crippen molar-refractivity contribution < 1.29 is 9.90 Å². The molecule has 2 aliphatic heterocycles. The number of phenolic OH excluding ortho intramolecular Hbond substituents is 1. The minimum Gasteiger partial charge on any atom is -0.508 e. The zero-order valence-corrected chi connectivity index (χ0v) is 23.1. The van der Waals surface area contributed by atoms with Gasteiger partial charge in [0, 0.05) is 24.7 Å². The lowest BCUT2D eigenvalue weighted by Crippen LogP contribution is -2.42. The number of aryl methyl sites for hydroxylation is 1. The second-order valence-corrected chi connectivity index (χ2v) is 12.2. The van der Waals surface area contributed by atoms with Gasteiger partial charge < -0.3 is 14.8 Å². The van der Waals surface area contributed by atoms with Crippen LogP contribution in [-0.2, 0) is 11.2 Å². The van der Waals surface area contributed by atoms with Crippen LogP contribution in [0.25, 0.3) is 0 Å². The Kier molecular flexibility index (Phi) is 7.74. The summed E-state index contributed by atoms with van der Waals surface area (Å²) in [5.74, 6) is 1.10. The Balaban J connectivity index is 1.17. The van der Waals surface area contributed by atoms with Gasteiger partial charge in [0.1, 0.15) is 12.0 Å². The van der Waals surface area contributed by atoms with Crippen LogP contribution < -0.4 is 4.90 Å². The van der Waals surface area contributed by atoms with Crippen LogP contribution in [0, 0.1) is 5.41 Å². The van der Waals surface area contributed by atoms with Gasteiger partial charge in [-0.1, -0.05) is 48.5 Å². The number of anilines is 1. The first-order valence-electron chi connectivity index (χ1n) is 15.0. The number of hydrogen-bond acceptors (Lipinski definition) is 4. The number of carbonyl (C=O) groups is 1. The average molecular weight is 523 g/mol. The molecule has 0 aromatic heterocycles. The van der Waals surface area contributed by atoms with E-state index in [-0.39, 0.29) is 0 Å². The van der Waals surface area contributed by atoms with Gasteiger partial charge >= 0.3 is 0 Å². The van der Waals surface area contributed by atoms with Crippen molar-refractivity contribution in [3.05, 3.63) is 95.1 Å². The maximum atomic E-state index is 10.9. The molecule has 1 N–H and O–H groups in total.